The molecule has 1 aromatic carbocycles. The zero-order chi connectivity index (χ0) is 11.4. The summed E-state index contributed by atoms with van der Waals surface area (Å²) in [6.45, 7) is 2.58. The Hall–Kier alpha value is -1.06. The molecule has 2 N–H and O–H groups in total. The smallest absolute Gasteiger partial charge is 0.0510 e. The number of likely N-dealkylation sites (N-methyl/N-ethyl adjacent to an activating group) is 1. The van der Waals surface area contributed by atoms with Gasteiger partial charge < -0.3 is 15.4 Å². The first-order valence-corrected chi connectivity index (χ1v) is 5.87. The first kappa shape index (κ1) is 11.4. The van der Waals surface area contributed by atoms with E-state index in [0.717, 1.165) is 26.2 Å². The van der Waals surface area contributed by atoms with E-state index in [1.165, 1.54) is 5.69 Å². The molecule has 3 heteroatoms. The van der Waals surface area contributed by atoms with Gasteiger partial charge in [-0.2, -0.15) is 0 Å². The molecule has 1 aromatic rings. The maximum absolute atomic E-state index is 6.20. The summed E-state index contributed by atoms with van der Waals surface area (Å²) in [4.78, 5) is 2.21. The lowest BCUT2D eigenvalue weighted by atomic mass is 9.99. The quantitative estimate of drug-likeness (QED) is 0.835. The summed E-state index contributed by atoms with van der Waals surface area (Å²) in [7, 11) is 2.09. The molecule has 88 valence electrons. The highest BCUT2D eigenvalue weighted by atomic mass is 16.5. The Morgan fingerprint density at radius 3 is 2.81 bits per heavy atom. The minimum absolute atomic E-state index is 0.202. The summed E-state index contributed by atoms with van der Waals surface area (Å²) in [6, 6.07) is 10.6. The van der Waals surface area contributed by atoms with Crippen molar-refractivity contribution in [3.05, 3.63) is 30.3 Å². The summed E-state index contributed by atoms with van der Waals surface area (Å²) < 4.78 is 5.37. The molecule has 2 rings (SSSR count). The highest BCUT2D eigenvalue weighted by Crippen LogP contribution is 2.18. The molecule has 3 nitrogen and oxygen atoms in total. The Kier molecular flexibility index (Phi) is 3.80. The molecule has 0 radical (unpaired) electrons. The van der Waals surface area contributed by atoms with Crippen molar-refractivity contribution in [1.82, 2.24) is 0 Å². The first-order chi connectivity index (χ1) is 7.77. The van der Waals surface area contributed by atoms with E-state index < -0.39 is 0 Å². The van der Waals surface area contributed by atoms with E-state index in [4.69, 9.17) is 10.5 Å². The van der Waals surface area contributed by atoms with Crippen LogP contribution in [0.5, 0.6) is 0 Å². The van der Waals surface area contributed by atoms with Gasteiger partial charge in [0.2, 0.25) is 0 Å². The van der Waals surface area contributed by atoms with Gasteiger partial charge in [0.1, 0.15) is 0 Å². The molecule has 1 saturated heterocycles. The molecule has 0 aliphatic carbocycles. The van der Waals surface area contributed by atoms with Gasteiger partial charge in [-0.15, -0.1) is 0 Å². The third kappa shape index (κ3) is 2.74. The highest BCUT2D eigenvalue weighted by molar-refractivity contribution is 5.45. The maximum atomic E-state index is 6.20. The molecule has 1 aliphatic heterocycles. The maximum Gasteiger partial charge on any atom is 0.0510 e. The first-order valence-electron chi connectivity index (χ1n) is 5.87. The van der Waals surface area contributed by atoms with Crippen LogP contribution in [0.15, 0.2) is 30.3 Å². The van der Waals surface area contributed by atoms with Crippen LogP contribution < -0.4 is 10.6 Å². The lowest BCUT2D eigenvalue weighted by molar-refractivity contribution is 0.181. The SMILES string of the molecule is CN(CC(N)C1CCOC1)c1ccccc1. The number of nitrogens with two attached hydrogens (primary N) is 1. The topological polar surface area (TPSA) is 38.5 Å². The summed E-state index contributed by atoms with van der Waals surface area (Å²) >= 11 is 0. The van der Waals surface area contributed by atoms with E-state index >= 15 is 0 Å². The van der Waals surface area contributed by atoms with Crippen LogP contribution in [0.3, 0.4) is 0 Å². The van der Waals surface area contributed by atoms with Gasteiger partial charge >= 0.3 is 0 Å². The predicted molar refractivity (Wildman–Crippen MR) is 66.6 cm³/mol. The molecule has 0 saturated carbocycles. The minimum atomic E-state index is 0.202. The molecule has 0 aromatic heterocycles. The monoisotopic (exact) mass is 220 g/mol. The van der Waals surface area contributed by atoms with Crippen molar-refractivity contribution in [3.8, 4) is 0 Å². The van der Waals surface area contributed by atoms with Gasteiger partial charge in [0, 0.05) is 37.8 Å². The van der Waals surface area contributed by atoms with Crippen molar-refractivity contribution in [3.63, 3.8) is 0 Å². The highest BCUT2D eigenvalue weighted by Gasteiger charge is 2.23. The van der Waals surface area contributed by atoms with Crippen molar-refractivity contribution in [1.29, 1.82) is 0 Å². The van der Waals surface area contributed by atoms with Crippen LogP contribution in [0.2, 0.25) is 0 Å². The molecule has 0 amide bonds. The number of rotatable bonds is 4. The summed E-state index contributed by atoms with van der Waals surface area (Å²) in [5, 5.41) is 0. The average Bonchev–Trinajstić information content (AvgIpc) is 2.83. The zero-order valence-electron chi connectivity index (χ0n) is 9.80. The molecule has 1 aliphatic rings. The number of benzene rings is 1. The molecule has 0 spiro atoms. The van der Waals surface area contributed by atoms with E-state index in [9.17, 15) is 0 Å². The molecule has 1 fully saturated rings. The third-order valence-electron chi connectivity index (χ3n) is 3.25. The fraction of sp³-hybridized carbons (Fsp3) is 0.538. The van der Waals surface area contributed by atoms with Gasteiger partial charge in [-0.3, -0.25) is 0 Å². The van der Waals surface area contributed by atoms with Gasteiger partial charge in [0.15, 0.2) is 0 Å². The summed E-state index contributed by atoms with van der Waals surface area (Å²) in [5.74, 6) is 0.520. The summed E-state index contributed by atoms with van der Waals surface area (Å²) in [5.41, 5.74) is 7.41. The van der Waals surface area contributed by atoms with Crippen molar-refractivity contribution in [2.45, 2.75) is 12.5 Å². The Morgan fingerprint density at radius 1 is 1.44 bits per heavy atom. The Bertz CT molecular complexity index is 309. The van der Waals surface area contributed by atoms with E-state index in [2.05, 4.69) is 36.2 Å². The predicted octanol–water partition coefficient (Wildman–Crippen LogP) is 1.49. The van der Waals surface area contributed by atoms with Crippen molar-refractivity contribution >= 4 is 5.69 Å². The van der Waals surface area contributed by atoms with Gasteiger partial charge in [-0.1, -0.05) is 18.2 Å². The number of hydrogen-bond acceptors (Lipinski definition) is 3. The van der Waals surface area contributed by atoms with Crippen LogP contribution >= 0.6 is 0 Å². The van der Waals surface area contributed by atoms with Gasteiger partial charge in [-0.25, -0.2) is 0 Å². The van der Waals surface area contributed by atoms with Gasteiger partial charge in [0.05, 0.1) is 6.61 Å². The fourth-order valence-corrected chi connectivity index (χ4v) is 2.14. The zero-order valence-corrected chi connectivity index (χ0v) is 9.80. The van der Waals surface area contributed by atoms with Crippen LogP contribution in [0.25, 0.3) is 0 Å². The lowest BCUT2D eigenvalue weighted by Gasteiger charge is -2.26. The van der Waals surface area contributed by atoms with Crippen LogP contribution in [-0.4, -0.2) is 32.8 Å². The molecule has 0 bridgehead atoms. The number of ether oxygens (including phenoxy) is 1. The molecular weight excluding hydrogens is 200 g/mol. The standard InChI is InChI=1S/C13H20N2O/c1-15(12-5-3-2-4-6-12)9-13(14)11-7-8-16-10-11/h2-6,11,13H,7-10,14H2,1H3. The summed E-state index contributed by atoms with van der Waals surface area (Å²) in [6.07, 6.45) is 1.10. The number of hydrogen-bond donors (Lipinski definition) is 1. The molecule has 1 heterocycles. The second kappa shape index (κ2) is 5.32. The minimum Gasteiger partial charge on any atom is -0.381 e. The average molecular weight is 220 g/mol. The van der Waals surface area contributed by atoms with Crippen molar-refractivity contribution in [2.24, 2.45) is 11.7 Å². The molecule has 2 atom stereocenters. The van der Waals surface area contributed by atoms with Gasteiger partial charge in [0.25, 0.3) is 0 Å². The molecular formula is C13H20N2O. The van der Waals surface area contributed by atoms with E-state index in [0.29, 0.717) is 5.92 Å². The van der Waals surface area contributed by atoms with Crippen molar-refractivity contribution in [2.75, 3.05) is 31.7 Å². The second-order valence-corrected chi connectivity index (χ2v) is 4.50. The fourth-order valence-electron chi connectivity index (χ4n) is 2.14. The van der Waals surface area contributed by atoms with E-state index in [1.807, 2.05) is 6.07 Å². The van der Waals surface area contributed by atoms with Gasteiger partial charge in [-0.05, 0) is 18.6 Å². The number of para-hydroxylation sites is 1. The number of nitrogens with zero attached hydrogens (tertiary/aromatic N) is 1. The van der Waals surface area contributed by atoms with Crippen molar-refractivity contribution < 1.29 is 4.74 Å². The lowest BCUT2D eigenvalue weighted by Crippen LogP contribution is -2.41. The van der Waals surface area contributed by atoms with Crippen LogP contribution in [0.1, 0.15) is 6.42 Å². The molecule has 16 heavy (non-hydrogen) atoms. The Labute approximate surface area is 97.2 Å². The van der Waals surface area contributed by atoms with Crippen LogP contribution in [0, 0.1) is 5.92 Å². The van der Waals surface area contributed by atoms with Crippen LogP contribution in [-0.2, 0) is 4.74 Å². The van der Waals surface area contributed by atoms with Crippen LogP contribution in [0.4, 0.5) is 5.69 Å². The number of anilines is 1. The largest absolute Gasteiger partial charge is 0.381 e. The Balaban J connectivity index is 1.89. The normalized spacial score (nSPS) is 22.0. The third-order valence-corrected chi connectivity index (χ3v) is 3.25. The van der Waals surface area contributed by atoms with E-state index in [-0.39, 0.29) is 6.04 Å². The molecule has 2 unspecified atom stereocenters. The van der Waals surface area contributed by atoms with E-state index in [1.54, 1.807) is 0 Å². The Morgan fingerprint density at radius 2 is 2.19 bits per heavy atom. The second-order valence-electron chi connectivity index (χ2n) is 4.50.